The Hall–Kier alpha value is -3.32. The lowest BCUT2D eigenvalue weighted by Crippen LogP contribution is -2.34. The molecule has 2 aromatic heterocycles. The van der Waals surface area contributed by atoms with Crippen LogP contribution >= 0.6 is 23.5 Å². The quantitative estimate of drug-likeness (QED) is 0.128. The summed E-state index contributed by atoms with van der Waals surface area (Å²) < 4.78 is 14.4. The van der Waals surface area contributed by atoms with Crippen LogP contribution in [0.1, 0.15) is 51.4 Å². The number of esters is 2. The summed E-state index contributed by atoms with van der Waals surface area (Å²) >= 11 is 3.25. The average Bonchev–Trinajstić information content (AvgIpc) is 3.56. The molecule has 224 valence electrons. The Balaban J connectivity index is 1.39. The van der Waals surface area contributed by atoms with E-state index in [2.05, 4.69) is 10.2 Å². The maximum Gasteiger partial charge on any atom is 0.331 e. The molecule has 12 heteroatoms. The van der Waals surface area contributed by atoms with Crippen LogP contribution in [0, 0.1) is 0 Å². The second-order valence-corrected chi connectivity index (χ2v) is 11.6. The van der Waals surface area contributed by atoms with Gasteiger partial charge < -0.3 is 20.9 Å². The van der Waals surface area contributed by atoms with Crippen molar-refractivity contribution in [2.45, 2.75) is 74.9 Å². The Morgan fingerprint density at radius 2 is 1.17 bits per heavy atom. The van der Waals surface area contributed by atoms with Gasteiger partial charge in [0.2, 0.25) is 0 Å². The first-order chi connectivity index (χ1) is 20.1. The fraction of sp³-hybridized carbons (Fsp3) is 0.400. The molecule has 4 aromatic rings. The molecule has 4 N–H and O–H groups in total. The van der Waals surface area contributed by atoms with Crippen molar-refractivity contribution in [2.24, 2.45) is 11.5 Å². The van der Waals surface area contributed by atoms with Crippen LogP contribution in [-0.4, -0.2) is 56.2 Å². The van der Waals surface area contributed by atoms with Gasteiger partial charge in [0.25, 0.3) is 0 Å². The maximum absolute atomic E-state index is 12.6. The SMILES string of the molecule is CCc1nn([C@H](N)C(C)OC(=O)/C=C/C(=O)OC(C)[C@@H](N)n2nc(CC)c3ccc(SC)cc32)c2cc(SC)ccc12. The molecule has 0 saturated carbocycles. The van der Waals surface area contributed by atoms with Gasteiger partial charge in [0.1, 0.15) is 24.5 Å². The van der Waals surface area contributed by atoms with Crippen LogP contribution in [0.15, 0.2) is 58.3 Å². The maximum atomic E-state index is 12.6. The first-order valence-corrected chi connectivity index (χ1v) is 16.3. The molecule has 0 bridgehead atoms. The molecule has 0 aliphatic heterocycles. The second-order valence-electron chi connectivity index (χ2n) is 9.85. The largest absolute Gasteiger partial charge is 0.456 e. The topological polar surface area (TPSA) is 140 Å². The van der Waals surface area contributed by atoms with Gasteiger partial charge in [-0.3, -0.25) is 0 Å². The minimum atomic E-state index is -0.726. The summed E-state index contributed by atoms with van der Waals surface area (Å²) in [5.74, 6) is -1.45. The first-order valence-electron chi connectivity index (χ1n) is 13.8. The molecule has 0 aliphatic carbocycles. The monoisotopic (exact) mass is 610 g/mol. The predicted octanol–water partition coefficient (Wildman–Crippen LogP) is 4.99. The number of carbonyl (C=O) groups is 2. The molecule has 0 amide bonds. The summed E-state index contributed by atoms with van der Waals surface area (Å²) in [6.45, 7) is 7.44. The van der Waals surface area contributed by atoms with Gasteiger partial charge in [-0.05, 0) is 75.6 Å². The van der Waals surface area contributed by atoms with E-state index in [1.807, 2.05) is 62.8 Å². The van der Waals surface area contributed by atoms with Crippen LogP contribution in [-0.2, 0) is 31.9 Å². The summed E-state index contributed by atoms with van der Waals surface area (Å²) in [4.78, 5) is 27.3. The Kier molecular flexibility index (Phi) is 10.4. The lowest BCUT2D eigenvalue weighted by molar-refractivity contribution is -0.147. The van der Waals surface area contributed by atoms with Gasteiger partial charge in [0, 0.05) is 32.7 Å². The number of nitrogens with zero attached hydrogens (tertiary/aromatic N) is 4. The molecular formula is C30H38N6O4S2. The van der Waals surface area contributed by atoms with Crippen molar-refractivity contribution in [3.05, 3.63) is 59.9 Å². The first kappa shape index (κ1) is 31.6. The molecule has 0 aliphatic rings. The second kappa shape index (κ2) is 13.8. The van der Waals surface area contributed by atoms with Gasteiger partial charge in [-0.15, -0.1) is 23.5 Å². The Morgan fingerprint density at radius 3 is 1.50 bits per heavy atom. The third-order valence-corrected chi connectivity index (χ3v) is 8.59. The van der Waals surface area contributed by atoms with Crippen LogP contribution in [0.4, 0.5) is 0 Å². The number of benzene rings is 2. The van der Waals surface area contributed by atoms with E-state index < -0.39 is 36.5 Å². The van der Waals surface area contributed by atoms with Crippen molar-refractivity contribution in [1.29, 1.82) is 0 Å². The molecule has 0 saturated heterocycles. The number of fused-ring (bicyclic) bond motifs is 2. The number of hydrogen-bond acceptors (Lipinski definition) is 10. The van der Waals surface area contributed by atoms with Crippen molar-refractivity contribution < 1.29 is 19.1 Å². The van der Waals surface area contributed by atoms with Crippen molar-refractivity contribution >= 4 is 57.3 Å². The fourth-order valence-electron chi connectivity index (χ4n) is 4.71. The minimum Gasteiger partial charge on any atom is -0.456 e. The van der Waals surface area contributed by atoms with Gasteiger partial charge in [-0.2, -0.15) is 10.2 Å². The van der Waals surface area contributed by atoms with Gasteiger partial charge in [0.05, 0.1) is 22.4 Å². The van der Waals surface area contributed by atoms with Crippen LogP contribution < -0.4 is 11.5 Å². The van der Waals surface area contributed by atoms with E-state index in [0.29, 0.717) is 0 Å². The van der Waals surface area contributed by atoms with Crippen LogP contribution in [0.5, 0.6) is 0 Å². The van der Waals surface area contributed by atoms with E-state index in [1.54, 1.807) is 46.7 Å². The van der Waals surface area contributed by atoms with E-state index in [1.165, 1.54) is 0 Å². The number of thioether (sulfide) groups is 2. The zero-order chi connectivity index (χ0) is 30.6. The number of nitrogens with two attached hydrogens (primary N) is 2. The summed E-state index contributed by atoms with van der Waals surface area (Å²) in [6, 6.07) is 12.2. The van der Waals surface area contributed by atoms with E-state index in [4.69, 9.17) is 20.9 Å². The van der Waals surface area contributed by atoms with Gasteiger partial charge in [-0.25, -0.2) is 19.0 Å². The lowest BCUT2D eigenvalue weighted by Gasteiger charge is -2.21. The number of rotatable bonds is 12. The van der Waals surface area contributed by atoms with E-state index in [9.17, 15) is 9.59 Å². The summed E-state index contributed by atoms with van der Waals surface area (Å²) in [5, 5.41) is 11.4. The normalized spacial score (nSPS) is 14.8. The number of carbonyl (C=O) groups excluding carboxylic acids is 2. The Labute approximate surface area is 254 Å². The molecule has 42 heavy (non-hydrogen) atoms. The van der Waals surface area contributed by atoms with Crippen molar-refractivity contribution in [3.8, 4) is 0 Å². The smallest absolute Gasteiger partial charge is 0.331 e. The third-order valence-electron chi connectivity index (χ3n) is 7.14. The van der Waals surface area contributed by atoms with Crippen molar-refractivity contribution in [3.63, 3.8) is 0 Å². The number of hydrogen-bond donors (Lipinski definition) is 2. The van der Waals surface area contributed by atoms with Crippen LogP contribution in [0.25, 0.3) is 21.8 Å². The zero-order valence-corrected chi connectivity index (χ0v) is 26.4. The lowest BCUT2D eigenvalue weighted by atomic mass is 10.2. The standard InChI is InChI=1S/C30H38N6O4S2/c1-7-23-21-11-9-19(41-5)15-25(21)35(33-23)29(31)17(3)39-27(37)13-14-28(38)40-18(4)30(32)36-26-16-20(42-6)10-12-22(26)24(8-2)34-36/h9-18,29-30H,7-8,31-32H2,1-6H3/b14-13+/t17?,18?,29-,30-/m0/s1. The molecule has 2 heterocycles. The van der Waals surface area contributed by atoms with Gasteiger partial charge in [-0.1, -0.05) is 13.8 Å². The average molecular weight is 611 g/mol. The Bertz CT molecular complexity index is 1500. The third kappa shape index (κ3) is 6.67. The van der Waals surface area contributed by atoms with Crippen molar-refractivity contribution in [2.75, 3.05) is 12.5 Å². The number of aryl methyl sites for hydroxylation is 2. The van der Waals surface area contributed by atoms with Crippen LogP contribution in [0.2, 0.25) is 0 Å². The van der Waals surface area contributed by atoms with E-state index in [0.717, 1.165) is 68.0 Å². The molecule has 10 nitrogen and oxygen atoms in total. The molecule has 0 spiro atoms. The molecule has 4 atom stereocenters. The molecule has 4 rings (SSSR count). The van der Waals surface area contributed by atoms with E-state index in [-0.39, 0.29) is 0 Å². The Morgan fingerprint density at radius 1 is 0.786 bits per heavy atom. The molecule has 0 radical (unpaired) electrons. The summed E-state index contributed by atoms with van der Waals surface area (Å²) in [7, 11) is 0. The molecular weight excluding hydrogens is 573 g/mol. The molecule has 2 unspecified atom stereocenters. The van der Waals surface area contributed by atoms with Crippen LogP contribution in [0.3, 0.4) is 0 Å². The number of ether oxygens (including phenoxy) is 2. The predicted molar refractivity (Wildman–Crippen MR) is 168 cm³/mol. The van der Waals surface area contributed by atoms with Crippen molar-refractivity contribution in [1.82, 2.24) is 19.6 Å². The molecule has 2 aromatic carbocycles. The zero-order valence-electron chi connectivity index (χ0n) is 24.7. The highest BCUT2D eigenvalue weighted by Crippen LogP contribution is 2.28. The van der Waals surface area contributed by atoms with E-state index >= 15 is 0 Å². The molecule has 0 fully saturated rings. The number of aromatic nitrogens is 4. The fourth-order valence-corrected chi connectivity index (χ4v) is 5.58. The highest BCUT2D eigenvalue weighted by molar-refractivity contribution is 7.98. The minimum absolute atomic E-state index is 0.719. The highest BCUT2D eigenvalue weighted by Gasteiger charge is 2.24. The van der Waals surface area contributed by atoms with Gasteiger partial charge in [0.15, 0.2) is 0 Å². The van der Waals surface area contributed by atoms with Gasteiger partial charge >= 0.3 is 11.9 Å². The summed E-state index contributed by atoms with van der Waals surface area (Å²) in [6.07, 6.45) is 4.65. The summed E-state index contributed by atoms with van der Waals surface area (Å²) in [5.41, 5.74) is 16.5. The highest BCUT2D eigenvalue weighted by atomic mass is 32.2.